The summed E-state index contributed by atoms with van der Waals surface area (Å²) < 4.78 is 29.8. The van der Waals surface area contributed by atoms with Crippen LogP contribution < -0.4 is 10.8 Å². The van der Waals surface area contributed by atoms with Crippen molar-refractivity contribution in [2.24, 2.45) is 0 Å². The van der Waals surface area contributed by atoms with E-state index < -0.39 is 23.9 Å². The number of aryl methyl sites for hydroxylation is 2. The number of rotatable bonds is 1. The molecule has 0 saturated carbocycles. The van der Waals surface area contributed by atoms with Crippen molar-refractivity contribution < 1.29 is 13.7 Å². The molecule has 0 aliphatic carbocycles. The van der Waals surface area contributed by atoms with Crippen molar-refractivity contribution in [1.82, 2.24) is 14.8 Å². The molecule has 0 spiro atoms. The van der Waals surface area contributed by atoms with E-state index in [0.29, 0.717) is 22.8 Å². The lowest BCUT2D eigenvalue weighted by atomic mass is 9.76. The van der Waals surface area contributed by atoms with E-state index >= 15 is 4.39 Å². The Balaban J connectivity index is 1.92. The highest BCUT2D eigenvalue weighted by atomic mass is 19.1. The Labute approximate surface area is 159 Å². The van der Waals surface area contributed by atoms with Crippen LogP contribution in [0.5, 0.6) is 0 Å². The number of aromatic nitrogens is 3. The third-order valence-corrected chi connectivity index (χ3v) is 6.02. The van der Waals surface area contributed by atoms with Crippen LogP contribution in [0.25, 0.3) is 5.69 Å². The molecular formula is C19H26BFN4O2. The molecule has 1 N–H and O–H groups in total. The Hall–Kier alpha value is -1.93. The molecule has 144 valence electrons. The fourth-order valence-corrected chi connectivity index (χ4v) is 3.71. The summed E-state index contributed by atoms with van der Waals surface area (Å²) in [6.45, 7) is 15.7. The molecular weight excluding hydrogens is 346 g/mol. The molecule has 2 aliphatic heterocycles. The zero-order valence-corrected chi connectivity index (χ0v) is 17.2. The van der Waals surface area contributed by atoms with E-state index in [2.05, 4.69) is 15.5 Å². The number of nitrogens with zero attached hydrogens (tertiary/aromatic N) is 3. The molecule has 2 aliphatic rings. The van der Waals surface area contributed by atoms with Gasteiger partial charge in [-0.25, -0.2) is 4.39 Å². The zero-order valence-electron chi connectivity index (χ0n) is 17.2. The van der Waals surface area contributed by atoms with Gasteiger partial charge in [0.15, 0.2) is 5.82 Å². The van der Waals surface area contributed by atoms with Gasteiger partial charge in [0.25, 0.3) is 0 Å². The molecule has 27 heavy (non-hydrogen) atoms. The summed E-state index contributed by atoms with van der Waals surface area (Å²) in [5.41, 5.74) is 0.952. The second-order valence-electron chi connectivity index (χ2n) is 9.06. The molecule has 0 radical (unpaired) electrons. The van der Waals surface area contributed by atoms with Gasteiger partial charge >= 0.3 is 7.12 Å². The highest BCUT2D eigenvalue weighted by Crippen LogP contribution is 2.41. The van der Waals surface area contributed by atoms with E-state index in [1.807, 2.05) is 61.5 Å². The predicted octanol–water partition coefficient (Wildman–Crippen LogP) is 2.98. The van der Waals surface area contributed by atoms with E-state index in [-0.39, 0.29) is 5.82 Å². The molecule has 8 heteroatoms. The number of fused-ring (bicyclic) bond motifs is 3. The van der Waals surface area contributed by atoms with Gasteiger partial charge in [0.1, 0.15) is 17.3 Å². The minimum Gasteiger partial charge on any atom is -0.399 e. The quantitative estimate of drug-likeness (QED) is 0.780. The third-order valence-electron chi connectivity index (χ3n) is 6.02. The molecule has 1 fully saturated rings. The van der Waals surface area contributed by atoms with Crippen molar-refractivity contribution in [1.29, 1.82) is 0 Å². The number of benzene rings is 1. The lowest BCUT2D eigenvalue weighted by molar-refractivity contribution is 0.00578. The summed E-state index contributed by atoms with van der Waals surface area (Å²) in [5, 5.41) is 11.9. The van der Waals surface area contributed by atoms with E-state index in [0.717, 1.165) is 11.3 Å². The fourth-order valence-electron chi connectivity index (χ4n) is 3.71. The first-order valence-corrected chi connectivity index (χ1v) is 9.25. The molecule has 1 saturated heterocycles. The van der Waals surface area contributed by atoms with Gasteiger partial charge in [-0.3, -0.25) is 4.57 Å². The fraction of sp³-hybridized carbons (Fsp3) is 0.579. The highest BCUT2D eigenvalue weighted by molar-refractivity contribution is 6.62. The minimum absolute atomic E-state index is 0.374. The minimum atomic E-state index is -0.769. The van der Waals surface area contributed by atoms with Crippen LogP contribution in [-0.2, 0) is 14.8 Å². The van der Waals surface area contributed by atoms with Crippen molar-refractivity contribution in [3.63, 3.8) is 0 Å². The first kappa shape index (κ1) is 18.4. The predicted molar refractivity (Wildman–Crippen MR) is 103 cm³/mol. The number of anilines is 1. The largest absolute Gasteiger partial charge is 0.497 e. The summed E-state index contributed by atoms with van der Waals surface area (Å²) in [5.74, 6) is 0.948. The smallest absolute Gasteiger partial charge is 0.399 e. The Morgan fingerprint density at radius 1 is 1.04 bits per heavy atom. The number of nitrogens with one attached hydrogen (secondary N) is 1. The molecule has 0 atom stereocenters. The van der Waals surface area contributed by atoms with E-state index in [9.17, 15) is 0 Å². The second kappa shape index (κ2) is 5.32. The number of halogens is 1. The van der Waals surface area contributed by atoms with Gasteiger partial charge in [0.2, 0.25) is 0 Å². The molecule has 0 bridgehead atoms. The molecule has 0 unspecified atom stereocenters. The Kier molecular flexibility index (Phi) is 3.63. The average molecular weight is 372 g/mol. The van der Waals surface area contributed by atoms with E-state index in [1.165, 1.54) is 0 Å². The van der Waals surface area contributed by atoms with Crippen LogP contribution in [0.4, 0.5) is 10.1 Å². The van der Waals surface area contributed by atoms with Crippen molar-refractivity contribution in [3.8, 4) is 5.69 Å². The van der Waals surface area contributed by atoms with Crippen molar-refractivity contribution in [3.05, 3.63) is 29.1 Å². The topological polar surface area (TPSA) is 61.2 Å². The standard InChI is InChI=1S/C19H26BFN4O2/c1-10-9-12(20-26-18(5,6)19(7,8)27-20)13(21)15-14(10)22-17(3,4)16-24-23-11(2)25(15)16/h9,22H,1-8H3. The normalized spacial score (nSPS) is 21.6. The molecule has 2 aromatic rings. The Morgan fingerprint density at radius 2 is 1.63 bits per heavy atom. The van der Waals surface area contributed by atoms with Crippen molar-refractivity contribution in [2.45, 2.75) is 72.1 Å². The summed E-state index contributed by atoms with van der Waals surface area (Å²) >= 11 is 0. The van der Waals surface area contributed by atoms with Gasteiger partial charge in [-0.2, -0.15) is 0 Å². The first-order valence-electron chi connectivity index (χ1n) is 9.25. The average Bonchev–Trinajstić information content (AvgIpc) is 3.01. The highest BCUT2D eigenvalue weighted by Gasteiger charge is 2.53. The van der Waals surface area contributed by atoms with Gasteiger partial charge in [0.05, 0.1) is 22.4 Å². The Morgan fingerprint density at radius 3 is 2.22 bits per heavy atom. The summed E-state index contributed by atoms with van der Waals surface area (Å²) in [6.07, 6.45) is 0. The van der Waals surface area contributed by atoms with Crippen LogP contribution in [0.15, 0.2) is 6.07 Å². The third kappa shape index (κ3) is 2.46. The summed E-state index contributed by atoms with van der Waals surface area (Å²) in [7, 11) is -0.769. The van der Waals surface area contributed by atoms with Gasteiger partial charge in [-0.05, 0) is 61.0 Å². The van der Waals surface area contributed by atoms with Crippen LogP contribution in [-0.4, -0.2) is 33.1 Å². The van der Waals surface area contributed by atoms with Gasteiger partial charge in [-0.1, -0.05) is 6.07 Å². The lowest BCUT2D eigenvalue weighted by Gasteiger charge is -2.35. The SMILES string of the molecule is Cc1cc(B2OC(C)(C)C(C)(C)O2)c(F)c2c1NC(C)(C)c1nnc(C)n1-2. The van der Waals surface area contributed by atoms with E-state index in [4.69, 9.17) is 9.31 Å². The second-order valence-corrected chi connectivity index (χ2v) is 9.06. The molecule has 0 amide bonds. The number of hydrogen-bond acceptors (Lipinski definition) is 5. The molecule has 3 heterocycles. The zero-order chi connectivity index (χ0) is 19.9. The molecule has 4 rings (SSSR count). The maximum Gasteiger partial charge on any atom is 0.497 e. The molecule has 1 aromatic carbocycles. The van der Waals surface area contributed by atoms with Gasteiger partial charge in [-0.15, -0.1) is 10.2 Å². The molecule has 6 nitrogen and oxygen atoms in total. The summed E-state index contributed by atoms with van der Waals surface area (Å²) in [4.78, 5) is 0. The van der Waals surface area contributed by atoms with E-state index in [1.54, 1.807) is 4.57 Å². The van der Waals surface area contributed by atoms with Crippen molar-refractivity contribution in [2.75, 3.05) is 5.32 Å². The van der Waals surface area contributed by atoms with Crippen LogP contribution >= 0.6 is 0 Å². The monoisotopic (exact) mass is 372 g/mol. The number of hydrogen-bond donors (Lipinski definition) is 1. The Bertz CT molecular complexity index is 936. The first-order chi connectivity index (χ1) is 12.4. The van der Waals surface area contributed by atoms with Crippen LogP contribution in [0.1, 0.15) is 58.8 Å². The van der Waals surface area contributed by atoms with Crippen LogP contribution in [0.2, 0.25) is 0 Å². The van der Waals surface area contributed by atoms with Gasteiger partial charge in [0, 0.05) is 5.46 Å². The lowest BCUT2D eigenvalue weighted by Crippen LogP contribution is -2.41. The van der Waals surface area contributed by atoms with Crippen LogP contribution in [0.3, 0.4) is 0 Å². The maximum absolute atomic E-state index is 15.8. The molecule has 1 aromatic heterocycles. The summed E-state index contributed by atoms with van der Waals surface area (Å²) in [6, 6.07) is 1.81. The van der Waals surface area contributed by atoms with Crippen LogP contribution in [0, 0.1) is 19.7 Å². The maximum atomic E-state index is 15.8. The van der Waals surface area contributed by atoms with Crippen molar-refractivity contribution >= 4 is 18.3 Å². The van der Waals surface area contributed by atoms with Gasteiger partial charge < -0.3 is 14.6 Å².